The van der Waals surface area contributed by atoms with Crippen LogP contribution < -0.4 is 11.1 Å². The summed E-state index contributed by atoms with van der Waals surface area (Å²) in [5.74, 6) is 0.143. The zero-order valence-corrected chi connectivity index (χ0v) is 12.7. The number of anilines is 1. The number of nitrogens with zero attached hydrogens (tertiary/aromatic N) is 1. The van der Waals surface area contributed by atoms with Crippen molar-refractivity contribution >= 4 is 33.7 Å². The molecule has 1 atom stereocenters. The van der Waals surface area contributed by atoms with Gasteiger partial charge >= 0.3 is 0 Å². The first-order chi connectivity index (χ1) is 9.70. The number of rotatable bonds is 4. The van der Waals surface area contributed by atoms with Crippen LogP contribution in [0.15, 0.2) is 17.5 Å². The minimum absolute atomic E-state index is 0.143. The van der Waals surface area contributed by atoms with Crippen LogP contribution in [-0.2, 0) is 24.1 Å². The van der Waals surface area contributed by atoms with Crippen LogP contribution in [0.1, 0.15) is 28.3 Å². The molecule has 6 heteroatoms. The number of fused-ring (bicyclic) bond motifs is 1. The van der Waals surface area contributed by atoms with E-state index in [0.29, 0.717) is 11.6 Å². The maximum atomic E-state index is 12.0. The molecule has 1 aliphatic rings. The van der Waals surface area contributed by atoms with Crippen LogP contribution in [-0.4, -0.2) is 16.9 Å². The van der Waals surface area contributed by atoms with Gasteiger partial charge in [-0.1, -0.05) is 6.07 Å². The van der Waals surface area contributed by atoms with Crippen molar-refractivity contribution in [2.24, 2.45) is 0 Å². The molecule has 0 spiro atoms. The fourth-order valence-corrected chi connectivity index (χ4v) is 4.18. The van der Waals surface area contributed by atoms with Gasteiger partial charge in [0, 0.05) is 28.6 Å². The van der Waals surface area contributed by atoms with Crippen LogP contribution in [0.2, 0.25) is 0 Å². The summed E-state index contributed by atoms with van der Waals surface area (Å²) in [5, 5.41) is 5.82. The summed E-state index contributed by atoms with van der Waals surface area (Å²) in [6, 6.07) is 4.33. The van der Waals surface area contributed by atoms with Crippen LogP contribution in [0.5, 0.6) is 0 Å². The zero-order valence-electron chi connectivity index (χ0n) is 11.1. The van der Waals surface area contributed by atoms with Crippen molar-refractivity contribution in [1.29, 1.82) is 0 Å². The monoisotopic (exact) mass is 307 g/mol. The molecule has 0 saturated heterocycles. The van der Waals surface area contributed by atoms with Gasteiger partial charge in [-0.05, 0) is 30.7 Å². The van der Waals surface area contributed by atoms with Crippen molar-refractivity contribution in [2.45, 2.75) is 38.1 Å². The third kappa shape index (κ3) is 3.19. The Labute approximate surface area is 126 Å². The smallest absolute Gasteiger partial charge is 0.220 e. The lowest BCUT2D eigenvalue weighted by molar-refractivity contribution is -0.121. The van der Waals surface area contributed by atoms with Gasteiger partial charge in [-0.15, -0.1) is 22.7 Å². The largest absolute Gasteiger partial charge is 0.375 e. The highest BCUT2D eigenvalue weighted by Crippen LogP contribution is 2.28. The van der Waals surface area contributed by atoms with Crippen LogP contribution in [0.25, 0.3) is 0 Å². The van der Waals surface area contributed by atoms with E-state index in [1.165, 1.54) is 9.75 Å². The fraction of sp³-hybridized carbons (Fsp3) is 0.429. The number of hydrogen-bond donors (Lipinski definition) is 2. The number of carbonyl (C=O) groups excluding carboxylic acids is 1. The van der Waals surface area contributed by atoms with E-state index < -0.39 is 0 Å². The van der Waals surface area contributed by atoms with Gasteiger partial charge in [-0.25, -0.2) is 4.98 Å². The molecule has 2 heterocycles. The zero-order chi connectivity index (χ0) is 13.9. The van der Waals surface area contributed by atoms with E-state index in [0.717, 1.165) is 31.4 Å². The lowest BCUT2D eigenvalue weighted by Gasteiger charge is -2.22. The number of thiophene rings is 1. The second kappa shape index (κ2) is 5.93. The molecule has 3 rings (SSSR count). The van der Waals surface area contributed by atoms with E-state index in [1.54, 1.807) is 22.7 Å². The molecule has 0 saturated carbocycles. The highest BCUT2D eigenvalue weighted by Gasteiger charge is 2.23. The van der Waals surface area contributed by atoms with Gasteiger partial charge < -0.3 is 11.1 Å². The predicted molar refractivity (Wildman–Crippen MR) is 83.1 cm³/mol. The molecular weight excluding hydrogens is 290 g/mol. The van der Waals surface area contributed by atoms with E-state index in [1.807, 2.05) is 11.4 Å². The summed E-state index contributed by atoms with van der Waals surface area (Å²) in [5.41, 5.74) is 6.85. The van der Waals surface area contributed by atoms with Crippen molar-refractivity contribution in [3.05, 3.63) is 33.0 Å². The second-order valence-corrected chi connectivity index (χ2v) is 7.16. The predicted octanol–water partition coefficient (Wildman–Crippen LogP) is 2.39. The number of nitrogens with one attached hydrogen (secondary N) is 1. The Morgan fingerprint density at radius 1 is 1.55 bits per heavy atom. The maximum Gasteiger partial charge on any atom is 0.220 e. The Morgan fingerprint density at radius 2 is 2.45 bits per heavy atom. The van der Waals surface area contributed by atoms with Gasteiger partial charge in [0.1, 0.15) is 0 Å². The molecule has 1 aliphatic carbocycles. The van der Waals surface area contributed by atoms with Gasteiger partial charge in [-0.2, -0.15) is 0 Å². The Hall–Kier alpha value is -1.40. The van der Waals surface area contributed by atoms with Gasteiger partial charge in [0.15, 0.2) is 5.13 Å². The molecule has 2 aromatic heterocycles. The fourth-order valence-electron chi connectivity index (χ4n) is 2.51. The summed E-state index contributed by atoms with van der Waals surface area (Å²) >= 11 is 3.25. The molecule has 4 nitrogen and oxygen atoms in total. The number of aryl methyl sites for hydroxylation is 2. The number of aromatic nitrogens is 1. The normalized spacial score (nSPS) is 17.7. The average molecular weight is 307 g/mol. The molecule has 0 aliphatic heterocycles. The molecule has 106 valence electrons. The summed E-state index contributed by atoms with van der Waals surface area (Å²) in [6.07, 6.45) is 4.14. The SMILES string of the molecule is Nc1nc2c(s1)CC(NC(=O)CCc1cccs1)CC2. The second-order valence-electron chi connectivity index (χ2n) is 5.01. The Kier molecular flexibility index (Phi) is 4.03. The van der Waals surface area contributed by atoms with E-state index in [-0.39, 0.29) is 11.9 Å². The Bertz CT molecular complexity index is 592. The third-order valence-electron chi connectivity index (χ3n) is 3.50. The summed E-state index contributed by atoms with van der Waals surface area (Å²) in [4.78, 5) is 18.8. The van der Waals surface area contributed by atoms with Gasteiger partial charge in [0.25, 0.3) is 0 Å². The minimum atomic E-state index is 0.143. The van der Waals surface area contributed by atoms with Crippen molar-refractivity contribution < 1.29 is 4.79 Å². The summed E-state index contributed by atoms with van der Waals surface area (Å²) < 4.78 is 0. The molecule has 0 bridgehead atoms. The Morgan fingerprint density at radius 3 is 3.25 bits per heavy atom. The number of thiazole rings is 1. The van der Waals surface area contributed by atoms with Crippen LogP contribution >= 0.6 is 22.7 Å². The third-order valence-corrected chi connectivity index (χ3v) is 5.39. The van der Waals surface area contributed by atoms with E-state index in [9.17, 15) is 4.79 Å². The molecule has 0 fully saturated rings. The molecule has 2 aromatic rings. The van der Waals surface area contributed by atoms with E-state index in [4.69, 9.17) is 5.73 Å². The van der Waals surface area contributed by atoms with Crippen molar-refractivity contribution in [3.8, 4) is 0 Å². The molecule has 1 amide bonds. The summed E-state index contributed by atoms with van der Waals surface area (Å²) in [6.45, 7) is 0. The van der Waals surface area contributed by atoms with Gasteiger partial charge in [0.2, 0.25) is 5.91 Å². The van der Waals surface area contributed by atoms with Crippen molar-refractivity contribution in [1.82, 2.24) is 10.3 Å². The minimum Gasteiger partial charge on any atom is -0.375 e. The van der Waals surface area contributed by atoms with Crippen molar-refractivity contribution in [2.75, 3.05) is 5.73 Å². The molecule has 20 heavy (non-hydrogen) atoms. The quantitative estimate of drug-likeness (QED) is 0.911. The van der Waals surface area contributed by atoms with Crippen molar-refractivity contribution in [3.63, 3.8) is 0 Å². The number of hydrogen-bond acceptors (Lipinski definition) is 5. The number of nitrogens with two attached hydrogens (primary N) is 1. The van der Waals surface area contributed by atoms with Crippen LogP contribution in [0.4, 0.5) is 5.13 Å². The summed E-state index contributed by atoms with van der Waals surface area (Å²) in [7, 11) is 0. The lowest BCUT2D eigenvalue weighted by atomic mass is 9.97. The highest BCUT2D eigenvalue weighted by molar-refractivity contribution is 7.15. The maximum absolute atomic E-state index is 12.0. The molecule has 3 N–H and O–H groups in total. The Balaban J connectivity index is 1.50. The van der Waals surface area contributed by atoms with E-state index in [2.05, 4.69) is 16.4 Å². The van der Waals surface area contributed by atoms with Crippen LogP contribution in [0, 0.1) is 0 Å². The number of amides is 1. The molecular formula is C14H17N3OS2. The first kappa shape index (κ1) is 13.6. The first-order valence-electron chi connectivity index (χ1n) is 6.76. The first-order valence-corrected chi connectivity index (χ1v) is 8.46. The molecule has 1 unspecified atom stereocenters. The van der Waals surface area contributed by atoms with Crippen LogP contribution in [0.3, 0.4) is 0 Å². The molecule has 0 radical (unpaired) electrons. The van der Waals surface area contributed by atoms with Gasteiger partial charge in [-0.3, -0.25) is 4.79 Å². The lowest BCUT2D eigenvalue weighted by Crippen LogP contribution is -2.38. The number of carbonyl (C=O) groups is 1. The van der Waals surface area contributed by atoms with E-state index >= 15 is 0 Å². The number of nitrogen functional groups attached to an aromatic ring is 1. The molecule has 0 aromatic carbocycles. The standard InChI is InChI=1S/C14H17N3OS2/c15-14-17-11-5-3-9(8-12(11)20-14)16-13(18)6-4-10-2-1-7-19-10/h1-2,7,9H,3-6,8H2,(H2,15,17)(H,16,18). The van der Waals surface area contributed by atoms with Gasteiger partial charge in [0.05, 0.1) is 5.69 Å². The average Bonchev–Trinajstić information content (AvgIpc) is 3.04. The highest BCUT2D eigenvalue weighted by atomic mass is 32.1. The topological polar surface area (TPSA) is 68.0 Å².